The highest BCUT2D eigenvalue weighted by Crippen LogP contribution is 2.29. The topological polar surface area (TPSA) is 73.3 Å². The monoisotopic (exact) mass is 363 g/mol. The van der Waals surface area contributed by atoms with Gasteiger partial charge in [-0.2, -0.15) is 0 Å². The maximum absolute atomic E-state index is 12.4. The van der Waals surface area contributed by atoms with Crippen LogP contribution in [-0.2, 0) is 6.42 Å². The highest BCUT2D eigenvalue weighted by Gasteiger charge is 2.14. The molecule has 0 fully saturated rings. The number of benzene rings is 1. The van der Waals surface area contributed by atoms with Crippen molar-refractivity contribution in [1.82, 2.24) is 10.2 Å². The lowest BCUT2D eigenvalue weighted by Gasteiger charge is -2.14. The van der Waals surface area contributed by atoms with Gasteiger partial charge >= 0.3 is 0 Å². The Morgan fingerprint density at radius 1 is 1.24 bits per heavy atom. The van der Waals surface area contributed by atoms with E-state index in [1.165, 1.54) is 24.2 Å². The molecule has 1 aromatic heterocycles. The molecular weight excluding hydrogens is 338 g/mol. The lowest BCUT2D eigenvalue weighted by atomic mass is 10.2. The van der Waals surface area contributed by atoms with Gasteiger partial charge in [0.25, 0.3) is 5.91 Å². The van der Waals surface area contributed by atoms with Gasteiger partial charge in [0.2, 0.25) is 5.13 Å². The zero-order valence-corrected chi connectivity index (χ0v) is 16.0. The maximum Gasteiger partial charge on any atom is 0.257 e. The number of nitrogens with zero attached hydrogens (tertiary/aromatic N) is 2. The van der Waals surface area contributed by atoms with Gasteiger partial charge in [0.15, 0.2) is 11.5 Å². The molecule has 7 heteroatoms. The summed E-state index contributed by atoms with van der Waals surface area (Å²) in [4.78, 5) is 12.4. The number of hydrogen-bond donors (Lipinski definition) is 1. The van der Waals surface area contributed by atoms with Gasteiger partial charge in [0.05, 0.1) is 13.2 Å². The predicted molar refractivity (Wildman–Crippen MR) is 99.8 cm³/mol. The van der Waals surface area contributed by atoms with Crippen molar-refractivity contribution in [3.63, 3.8) is 0 Å². The first-order valence-electron chi connectivity index (χ1n) is 8.52. The van der Waals surface area contributed by atoms with E-state index < -0.39 is 0 Å². The van der Waals surface area contributed by atoms with Crippen molar-refractivity contribution < 1.29 is 14.3 Å². The van der Waals surface area contributed by atoms with Crippen molar-refractivity contribution in [2.24, 2.45) is 0 Å². The highest BCUT2D eigenvalue weighted by atomic mass is 32.1. The van der Waals surface area contributed by atoms with Gasteiger partial charge < -0.3 is 9.47 Å². The van der Waals surface area contributed by atoms with Crippen LogP contribution in [0.2, 0.25) is 0 Å². The summed E-state index contributed by atoms with van der Waals surface area (Å²) < 4.78 is 11.0. The van der Waals surface area contributed by atoms with Crippen molar-refractivity contribution >= 4 is 22.4 Å². The van der Waals surface area contributed by atoms with Gasteiger partial charge in [0, 0.05) is 12.0 Å². The van der Waals surface area contributed by atoms with Crippen LogP contribution in [-0.4, -0.2) is 29.3 Å². The number of unbranched alkanes of at least 4 members (excludes halogenated alkanes) is 2. The molecule has 0 saturated heterocycles. The molecule has 0 aliphatic carbocycles. The first-order chi connectivity index (χ1) is 12.0. The second-order valence-corrected chi connectivity index (χ2v) is 7.01. The average molecular weight is 363 g/mol. The molecule has 2 aromatic rings. The van der Waals surface area contributed by atoms with Crippen LogP contribution in [0.3, 0.4) is 0 Å². The molecule has 0 bridgehead atoms. The Labute approximate surface area is 152 Å². The molecule has 1 N–H and O–H groups in total. The molecule has 2 rings (SSSR count). The number of methoxy groups -OCH3 is 1. The Balaban J connectivity index is 2.03. The van der Waals surface area contributed by atoms with E-state index in [1.54, 1.807) is 25.3 Å². The SMILES string of the molecule is CCCCCc1nnc(NC(=O)c2ccc(OC(C)C)c(OC)c2)s1. The molecule has 0 aliphatic rings. The molecule has 0 radical (unpaired) electrons. The van der Waals surface area contributed by atoms with E-state index in [-0.39, 0.29) is 12.0 Å². The van der Waals surface area contributed by atoms with Crippen LogP contribution < -0.4 is 14.8 Å². The van der Waals surface area contributed by atoms with Crippen molar-refractivity contribution in [2.75, 3.05) is 12.4 Å². The van der Waals surface area contributed by atoms with Crippen molar-refractivity contribution in [1.29, 1.82) is 0 Å². The zero-order valence-electron chi connectivity index (χ0n) is 15.2. The fraction of sp³-hybridized carbons (Fsp3) is 0.500. The van der Waals surface area contributed by atoms with E-state index in [2.05, 4.69) is 22.4 Å². The van der Waals surface area contributed by atoms with Crippen LogP contribution in [0, 0.1) is 0 Å². The zero-order chi connectivity index (χ0) is 18.2. The second-order valence-electron chi connectivity index (χ2n) is 5.94. The first-order valence-corrected chi connectivity index (χ1v) is 9.33. The van der Waals surface area contributed by atoms with E-state index in [4.69, 9.17) is 9.47 Å². The summed E-state index contributed by atoms with van der Waals surface area (Å²) in [5.41, 5.74) is 0.482. The number of anilines is 1. The van der Waals surface area contributed by atoms with Crippen molar-refractivity contribution in [3.05, 3.63) is 28.8 Å². The molecule has 0 unspecified atom stereocenters. The average Bonchev–Trinajstić information content (AvgIpc) is 3.02. The molecule has 1 heterocycles. The first kappa shape index (κ1) is 19.2. The number of hydrogen-bond acceptors (Lipinski definition) is 6. The number of ether oxygens (including phenoxy) is 2. The molecule has 0 spiro atoms. The van der Waals surface area contributed by atoms with E-state index in [1.807, 2.05) is 13.8 Å². The van der Waals surface area contributed by atoms with Crippen LogP contribution in [0.1, 0.15) is 55.4 Å². The van der Waals surface area contributed by atoms with Crippen LogP contribution in [0.25, 0.3) is 0 Å². The number of nitrogens with one attached hydrogen (secondary N) is 1. The third kappa shape index (κ3) is 5.70. The molecule has 25 heavy (non-hydrogen) atoms. The number of carbonyl (C=O) groups is 1. The lowest BCUT2D eigenvalue weighted by Crippen LogP contribution is -2.12. The summed E-state index contributed by atoms with van der Waals surface area (Å²) in [6, 6.07) is 5.11. The number of amides is 1. The molecule has 1 amide bonds. The minimum atomic E-state index is -0.245. The van der Waals surface area contributed by atoms with Gasteiger partial charge in [-0.25, -0.2) is 0 Å². The minimum Gasteiger partial charge on any atom is -0.493 e. The number of aromatic nitrogens is 2. The van der Waals surface area contributed by atoms with Crippen LogP contribution in [0.5, 0.6) is 11.5 Å². The summed E-state index contributed by atoms with van der Waals surface area (Å²) in [7, 11) is 1.55. The van der Waals surface area contributed by atoms with Gasteiger partial charge in [-0.1, -0.05) is 31.1 Å². The Morgan fingerprint density at radius 3 is 2.72 bits per heavy atom. The minimum absolute atomic E-state index is 0.0288. The molecule has 0 aliphatic heterocycles. The number of aryl methyl sites for hydroxylation is 1. The maximum atomic E-state index is 12.4. The van der Waals surface area contributed by atoms with Crippen LogP contribution in [0.4, 0.5) is 5.13 Å². The molecular formula is C18H25N3O3S. The molecule has 136 valence electrons. The fourth-order valence-electron chi connectivity index (χ4n) is 2.26. The van der Waals surface area contributed by atoms with Gasteiger partial charge in [-0.05, 0) is 38.5 Å². The van der Waals surface area contributed by atoms with Crippen molar-refractivity contribution in [2.45, 2.75) is 52.6 Å². The molecule has 0 saturated carbocycles. The summed E-state index contributed by atoms with van der Waals surface area (Å²) in [6.45, 7) is 6.04. The molecule has 0 atom stereocenters. The summed E-state index contributed by atoms with van der Waals surface area (Å²) in [5.74, 6) is 0.896. The van der Waals surface area contributed by atoms with E-state index >= 15 is 0 Å². The largest absolute Gasteiger partial charge is 0.493 e. The summed E-state index contributed by atoms with van der Waals surface area (Å²) in [6.07, 6.45) is 4.36. The van der Waals surface area contributed by atoms with Gasteiger partial charge in [-0.15, -0.1) is 10.2 Å². The van der Waals surface area contributed by atoms with Gasteiger partial charge in [0.1, 0.15) is 5.01 Å². The van der Waals surface area contributed by atoms with Crippen LogP contribution >= 0.6 is 11.3 Å². The van der Waals surface area contributed by atoms with E-state index in [9.17, 15) is 4.79 Å². The normalized spacial score (nSPS) is 10.8. The van der Waals surface area contributed by atoms with Crippen LogP contribution in [0.15, 0.2) is 18.2 Å². The lowest BCUT2D eigenvalue weighted by molar-refractivity contribution is 0.102. The summed E-state index contributed by atoms with van der Waals surface area (Å²) >= 11 is 1.42. The Kier molecular flexibility index (Phi) is 7.18. The van der Waals surface area contributed by atoms with E-state index in [0.29, 0.717) is 22.2 Å². The third-order valence-corrected chi connectivity index (χ3v) is 4.37. The quantitative estimate of drug-likeness (QED) is 0.672. The number of rotatable bonds is 9. The van der Waals surface area contributed by atoms with Crippen molar-refractivity contribution in [3.8, 4) is 11.5 Å². The Morgan fingerprint density at radius 2 is 2.04 bits per heavy atom. The number of carbonyl (C=O) groups excluding carboxylic acids is 1. The molecule has 6 nitrogen and oxygen atoms in total. The smallest absolute Gasteiger partial charge is 0.257 e. The standard InChI is InChI=1S/C18H25N3O3S/c1-5-6-7-8-16-20-21-18(25-16)19-17(22)13-9-10-14(24-12(2)3)15(11-13)23-4/h9-12H,5-8H2,1-4H3,(H,19,21,22). The van der Waals surface area contributed by atoms with E-state index in [0.717, 1.165) is 17.8 Å². The summed E-state index contributed by atoms with van der Waals surface area (Å²) in [5, 5.41) is 12.4. The highest BCUT2D eigenvalue weighted by molar-refractivity contribution is 7.15. The predicted octanol–water partition coefficient (Wildman–Crippen LogP) is 4.32. The van der Waals surface area contributed by atoms with Gasteiger partial charge in [-0.3, -0.25) is 10.1 Å². The second kappa shape index (κ2) is 9.36. The Hall–Kier alpha value is -2.15. The Bertz CT molecular complexity index is 701. The fourth-order valence-corrected chi connectivity index (χ4v) is 3.04. The third-order valence-electron chi connectivity index (χ3n) is 3.47. The molecule has 1 aromatic carbocycles.